The Morgan fingerprint density at radius 1 is 0.875 bits per heavy atom. The second kappa shape index (κ2) is 12.8. The van der Waals surface area contributed by atoms with E-state index in [4.69, 9.17) is 22.9 Å². The maximum absolute atomic E-state index is 12.8. The normalized spacial score (nSPS) is 13.9. The van der Waals surface area contributed by atoms with Gasteiger partial charge in [-0.2, -0.15) is 5.06 Å². The van der Waals surface area contributed by atoms with E-state index in [1.165, 1.54) is 0 Å². The minimum atomic E-state index is -3.13. The summed E-state index contributed by atoms with van der Waals surface area (Å²) in [5.41, 5.74) is 0.425. The summed E-state index contributed by atoms with van der Waals surface area (Å²) in [6.45, 7) is 19.4. The van der Waals surface area contributed by atoms with E-state index in [1.807, 2.05) is 56.2 Å². The SMILES string of the molecule is CCO[Si](CC(=O)OCC(ON(C(C)(C)C)C(C)(C)C)c1ccccc1)(OCC)OCC. The fraction of sp³-hybridized carbons (Fsp3) is 0.708. The molecule has 0 aliphatic heterocycles. The van der Waals surface area contributed by atoms with Crippen LogP contribution < -0.4 is 0 Å². The number of hydrogen-bond donors (Lipinski definition) is 0. The molecule has 0 aromatic heterocycles. The maximum atomic E-state index is 12.8. The molecular weight excluding hydrogens is 426 g/mol. The fourth-order valence-corrected chi connectivity index (χ4v) is 5.97. The zero-order chi connectivity index (χ0) is 24.4. The lowest BCUT2D eigenvalue weighted by molar-refractivity contribution is -0.292. The number of nitrogens with zero attached hydrogens (tertiary/aromatic N) is 1. The molecule has 0 aliphatic rings. The molecule has 1 aromatic rings. The minimum absolute atomic E-state index is 0.0354. The molecule has 1 atom stereocenters. The summed E-state index contributed by atoms with van der Waals surface area (Å²) in [5, 5.41) is 1.96. The van der Waals surface area contributed by atoms with E-state index in [9.17, 15) is 4.79 Å². The molecule has 0 saturated carbocycles. The van der Waals surface area contributed by atoms with Gasteiger partial charge in [0.15, 0.2) is 0 Å². The Kier molecular flexibility index (Phi) is 11.5. The topological polar surface area (TPSA) is 66.5 Å². The Morgan fingerprint density at radius 2 is 1.34 bits per heavy atom. The molecule has 32 heavy (non-hydrogen) atoms. The molecule has 184 valence electrons. The number of hydrogen-bond acceptors (Lipinski definition) is 7. The third-order valence-electron chi connectivity index (χ3n) is 4.47. The summed E-state index contributed by atoms with van der Waals surface area (Å²) in [4.78, 5) is 19.3. The second-order valence-electron chi connectivity index (χ2n) is 9.48. The highest BCUT2D eigenvalue weighted by Crippen LogP contribution is 2.31. The molecule has 0 saturated heterocycles. The molecule has 1 unspecified atom stereocenters. The van der Waals surface area contributed by atoms with E-state index in [0.29, 0.717) is 19.8 Å². The van der Waals surface area contributed by atoms with Crippen molar-refractivity contribution < 1.29 is 27.6 Å². The van der Waals surface area contributed by atoms with E-state index in [-0.39, 0.29) is 23.7 Å². The van der Waals surface area contributed by atoms with Crippen LogP contribution in [-0.4, -0.2) is 57.3 Å². The predicted molar refractivity (Wildman–Crippen MR) is 128 cm³/mol. The van der Waals surface area contributed by atoms with Crippen LogP contribution in [0.4, 0.5) is 0 Å². The molecule has 1 aromatic carbocycles. The van der Waals surface area contributed by atoms with Crippen molar-refractivity contribution in [1.29, 1.82) is 0 Å². The van der Waals surface area contributed by atoms with Gasteiger partial charge in [0.1, 0.15) is 18.8 Å². The highest BCUT2D eigenvalue weighted by molar-refractivity contribution is 6.64. The molecule has 0 heterocycles. The molecule has 0 spiro atoms. The monoisotopic (exact) mass is 469 g/mol. The number of rotatable bonds is 13. The number of esters is 1. The molecular formula is C24H43NO6Si. The van der Waals surface area contributed by atoms with Gasteiger partial charge in [0.25, 0.3) is 0 Å². The van der Waals surface area contributed by atoms with Crippen LogP contribution in [-0.2, 0) is 27.6 Å². The lowest BCUT2D eigenvalue weighted by Crippen LogP contribution is -2.53. The largest absolute Gasteiger partial charge is 0.512 e. The fourth-order valence-electron chi connectivity index (χ4n) is 3.64. The van der Waals surface area contributed by atoms with Crippen LogP contribution in [0.15, 0.2) is 30.3 Å². The van der Waals surface area contributed by atoms with Crippen LogP contribution in [0, 0.1) is 0 Å². The predicted octanol–water partition coefficient (Wildman–Crippen LogP) is 5.15. The molecule has 0 N–H and O–H groups in total. The summed E-state index contributed by atoms with van der Waals surface area (Å²) < 4.78 is 23.0. The Morgan fingerprint density at radius 3 is 1.75 bits per heavy atom. The van der Waals surface area contributed by atoms with Crippen molar-refractivity contribution in [2.24, 2.45) is 0 Å². The van der Waals surface area contributed by atoms with Gasteiger partial charge in [-0.15, -0.1) is 0 Å². The molecule has 0 bridgehead atoms. The van der Waals surface area contributed by atoms with E-state index in [1.54, 1.807) is 0 Å². The molecule has 8 heteroatoms. The van der Waals surface area contributed by atoms with Crippen LogP contribution >= 0.6 is 0 Å². The van der Waals surface area contributed by atoms with Crippen molar-refractivity contribution in [1.82, 2.24) is 5.06 Å². The van der Waals surface area contributed by atoms with Gasteiger partial charge >= 0.3 is 14.8 Å². The Labute approximate surface area is 195 Å². The van der Waals surface area contributed by atoms with Crippen LogP contribution in [0.5, 0.6) is 0 Å². The van der Waals surface area contributed by atoms with Crippen LogP contribution in [0.25, 0.3) is 0 Å². The lowest BCUT2D eigenvalue weighted by atomic mass is 10.00. The number of benzene rings is 1. The quantitative estimate of drug-likeness (QED) is 0.225. The molecule has 0 amide bonds. The van der Waals surface area contributed by atoms with Crippen molar-refractivity contribution in [3.05, 3.63) is 35.9 Å². The number of carbonyl (C=O) groups is 1. The second-order valence-corrected chi connectivity index (χ2v) is 12.1. The molecule has 0 aliphatic carbocycles. The van der Waals surface area contributed by atoms with E-state index in [2.05, 4.69) is 41.5 Å². The average molecular weight is 470 g/mol. The van der Waals surface area contributed by atoms with Crippen molar-refractivity contribution in [2.45, 2.75) is 85.5 Å². The van der Waals surface area contributed by atoms with Gasteiger partial charge in [0.05, 0.1) is 0 Å². The smallest absolute Gasteiger partial charge is 0.462 e. The van der Waals surface area contributed by atoms with Gasteiger partial charge in [0, 0.05) is 30.9 Å². The van der Waals surface area contributed by atoms with Crippen LogP contribution in [0.3, 0.4) is 0 Å². The van der Waals surface area contributed by atoms with Gasteiger partial charge < -0.3 is 18.0 Å². The average Bonchev–Trinajstić information content (AvgIpc) is 2.67. The Balaban J connectivity index is 3.03. The first-order chi connectivity index (χ1) is 14.9. The first kappa shape index (κ1) is 28.7. The third-order valence-corrected chi connectivity index (χ3v) is 7.38. The summed E-state index contributed by atoms with van der Waals surface area (Å²) >= 11 is 0. The molecule has 0 radical (unpaired) electrons. The summed E-state index contributed by atoms with van der Waals surface area (Å²) in [5.74, 6) is -0.422. The Hall–Kier alpha value is -1.29. The summed E-state index contributed by atoms with van der Waals surface area (Å²) in [7, 11) is -3.13. The molecule has 0 fully saturated rings. The first-order valence-corrected chi connectivity index (χ1v) is 13.4. The van der Waals surface area contributed by atoms with Crippen LogP contribution in [0.1, 0.15) is 74.0 Å². The van der Waals surface area contributed by atoms with Crippen molar-refractivity contribution in [2.75, 3.05) is 26.4 Å². The number of hydroxylamine groups is 2. The maximum Gasteiger partial charge on any atom is 0.512 e. The van der Waals surface area contributed by atoms with E-state index >= 15 is 0 Å². The van der Waals surface area contributed by atoms with Gasteiger partial charge in [-0.25, -0.2) is 0 Å². The minimum Gasteiger partial charge on any atom is -0.462 e. The van der Waals surface area contributed by atoms with E-state index in [0.717, 1.165) is 5.56 Å². The zero-order valence-electron chi connectivity index (χ0n) is 21.4. The Bertz CT molecular complexity index is 640. The standard InChI is InChI=1S/C24H43NO6Si/c1-10-28-32(29-11-2,30-12-3)19-22(26)27-18-21(20-16-14-13-15-17-20)31-25(23(4,5)6)24(7,8)9/h13-17,21H,10-12,18-19H2,1-9H3. The first-order valence-electron chi connectivity index (χ1n) is 11.5. The van der Waals surface area contributed by atoms with Gasteiger partial charge in [0.2, 0.25) is 0 Å². The lowest BCUT2D eigenvalue weighted by Gasteiger charge is -2.45. The van der Waals surface area contributed by atoms with Gasteiger partial charge in [-0.3, -0.25) is 9.63 Å². The third kappa shape index (κ3) is 9.29. The summed E-state index contributed by atoms with van der Waals surface area (Å²) in [6, 6.07) is 9.76. The highest BCUT2D eigenvalue weighted by Gasteiger charge is 2.44. The molecule has 7 nitrogen and oxygen atoms in total. The van der Waals surface area contributed by atoms with Crippen molar-refractivity contribution >= 4 is 14.8 Å². The number of ether oxygens (including phenoxy) is 1. The molecule has 1 rings (SSSR count). The van der Waals surface area contributed by atoms with E-state index < -0.39 is 20.9 Å². The number of carbonyl (C=O) groups excluding carboxylic acids is 1. The van der Waals surface area contributed by atoms with Gasteiger partial charge in [-0.05, 0) is 67.9 Å². The van der Waals surface area contributed by atoms with Crippen molar-refractivity contribution in [3.63, 3.8) is 0 Å². The van der Waals surface area contributed by atoms with Crippen molar-refractivity contribution in [3.8, 4) is 0 Å². The highest BCUT2D eigenvalue weighted by atomic mass is 28.4. The summed E-state index contributed by atoms with van der Waals surface area (Å²) in [6.07, 6.45) is -0.457. The van der Waals surface area contributed by atoms with Crippen LogP contribution in [0.2, 0.25) is 6.04 Å². The zero-order valence-corrected chi connectivity index (χ0v) is 22.4. The van der Waals surface area contributed by atoms with Gasteiger partial charge in [-0.1, -0.05) is 30.3 Å².